The van der Waals surface area contributed by atoms with Gasteiger partial charge in [-0.15, -0.1) is 0 Å². The molecule has 0 heterocycles. The summed E-state index contributed by atoms with van der Waals surface area (Å²) in [6.45, 7) is 11.2. The Kier molecular flexibility index (Phi) is 8.82. The molecule has 0 N–H and O–H groups in total. The van der Waals surface area contributed by atoms with Gasteiger partial charge in [0, 0.05) is 0 Å². The van der Waals surface area contributed by atoms with Gasteiger partial charge in [-0.3, -0.25) is 0 Å². The lowest BCUT2D eigenvalue weighted by atomic mass is 10.3. The zero-order chi connectivity index (χ0) is 12.5. The lowest BCUT2D eigenvalue weighted by Crippen LogP contribution is -2.16. The number of hydrogen-bond donors (Lipinski definition) is 0. The molecule has 0 atom stereocenters. The quantitative estimate of drug-likeness (QED) is 0.510. The van der Waals surface area contributed by atoms with Gasteiger partial charge in [-0.25, -0.2) is 0 Å². The van der Waals surface area contributed by atoms with Crippen LogP contribution in [0.5, 0.6) is 0 Å². The molecule has 0 aromatic carbocycles. The Morgan fingerprint density at radius 2 is 1.67 bits per heavy atom. The summed E-state index contributed by atoms with van der Waals surface area (Å²) in [4.78, 5) is 0. The van der Waals surface area contributed by atoms with Crippen LogP contribution in [0.15, 0.2) is 36.6 Å². The number of alkyl halides is 3. The molecule has 0 aromatic heterocycles. The van der Waals surface area contributed by atoms with E-state index in [1.165, 1.54) is 12.2 Å². The smallest absolute Gasteiger partial charge is 0.422 e. The van der Waals surface area contributed by atoms with Crippen LogP contribution in [0, 0.1) is 0 Å². The summed E-state index contributed by atoms with van der Waals surface area (Å²) in [5, 5.41) is 0. The molecule has 1 nitrogen and oxygen atoms in total. The van der Waals surface area contributed by atoms with Crippen molar-refractivity contribution in [2.75, 3.05) is 6.61 Å². The van der Waals surface area contributed by atoms with Gasteiger partial charge in [0.25, 0.3) is 0 Å². The van der Waals surface area contributed by atoms with Crippen molar-refractivity contribution in [3.63, 3.8) is 0 Å². The van der Waals surface area contributed by atoms with Gasteiger partial charge < -0.3 is 4.74 Å². The monoisotopic (exact) mass is 222 g/mol. The van der Waals surface area contributed by atoms with E-state index in [0.717, 1.165) is 5.57 Å². The lowest BCUT2D eigenvalue weighted by Gasteiger charge is -2.08. The van der Waals surface area contributed by atoms with Gasteiger partial charge in [-0.2, -0.15) is 13.2 Å². The Labute approximate surface area is 88.9 Å². The molecule has 0 aliphatic carbocycles. The Morgan fingerprint density at radius 3 is 2.00 bits per heavy atom. The minimum atomic E-state index is -4.32. The summed E-state index contributed by atoms with van der Waals surface area (Å²) in [6.07, 6.45) is -1.45. The van der Waals surface area contributed by atoms with Crippen molar-refractivity contribution >= 4 is 0 Å². The van der Waals surface area contributed by atoms with Crippen molar-refractivity contribution in [3.8, 4) is 0 Å². The molecule has 0 amide bonds. The fraction of sp³-hybridized carbons (Fsp3) is 0.455. The molecule has 0 saturated carbocycles. The second-order valence-electron chi connectivity index (χ2n) is 2.55. The number of halogens is 3. The molecule has 15 heavy (non-hydrogen) atoms. The molecule has 0 bridgehead atoms. The first kappa shape index (κ1) is 16.2. The van der Waals surface area contributed by atoms with E-state index in [1.54, 1.807) is 6.92 Å². The minimum absolute atomic E-state index is 0.0275. The van der Waals surface area contributed by atoms with Crippen LogP contribution >= 0.6 is 0 Å². The SMILES string of the molecule is C=C(C)/C=C\C(=C)OCC(F)(F)F.CC. The van der Waals surface area contributed by atoms with Crippen LogP contribution in [0.2, 0.25) is 0 Å². The Morgan fingerprint density at radius 1 is 1.20 bits per heavy atom. The van der Waals surface area contributed by atoms with Crippen LogP contribution in [-0.4, -0.2) is 12.8 Å². The highest BCUT2D eigenvalue weighted by atomic mass is 19.4. The fourth-order valence-corrected chi connectivity index (χ4v) is 0.458. The molecule has 0 rings (SSSR count). The van der Waals surface area contributed by atoms with Gasteiger partial charge in [0.1, 0.15) is 5.76 Å². The molecule has 0 saturated heterocycles. The number of hydrogen-bond acceptors (Lipinski definition) is 1. The number of allylic oxidation sites excluding steroid dienone is 3. The largest absolute Gasteiger partial charge is 0.485 e. The molecule has 4 heteroatoms. The minimum Gasteiger partial charge on any atom is -0.485 e. The predicted molar refractivity (Wildman–Crippen MR) is 56.4 cm³/mol. The summed E-state index contributed by atoms with van der Waals surface area (Å²) in [6, 6.07) is 0. The van der Waals surface area contributed by atoms with Gasteiger partial charge >= 0.3 is 6.18 Å². The highest BCUT2D eigenvalue weighted by molar-refractivity contribution is 5.19. The van der Waals surface area contributed by atoms with Crippen LogP contribution in [0.4, 0.5) is 13.2 Å². The van der Waals surface area contributed by atoms with Gasteiger partial charge in [-0.1, -0.05) is 38.7 Å². The fourth-order valence-electron chi connectivity index (χ4n) is 0.458. The molecule has 0 aliphatic heterocycles. The van der Waals surface area contributed by atoms with Crippen LogP contribution in [-0.2, 0) is 4.74 Å². The van der Waals surface area contributed by atoms with Crippen molar-refractivity contribution in [1.82, 2.24) is 0 Å². The van der Waals surface area contributed by atoms with Crippen molar-refractivity contribution in [2.45, 2.75) is 26.9 Å². The zero-order valence-electron chi connectivity index (χ0n) is 9.32. The van der Waals surface area contributed by atoms with E-state index < -0.39 is 12.8 Å². The molecule has 0 spiro atoms. The Balaban J connectivity index is 0. The zero-order valence-corrected chi connectivity index (χ0v) is 9.32. The molecule has 0 unspecified atom stereocenters. The van der Waals surface area contributed by atoms with Crippen molar-refractivity contribution < 1.29 is 17.9 Å². The summed E-state index contributed by atoms with van der Waals surface area (Å²) >= 11 is 0. The molecular weight excluding hydrogens is 205 g/mol. The van der Waals surface area contributed by atoms with E-state index in [4.69, 9.17) is 0 Å². The first-order valence-corrected chi connectivity index (χ1v) is 4.53. The molecule has 0 aromatic rings. The van der Waals surface area contributed by atoms with Crippen molar-refractivity contribution in [1.29, 1.82) is 0 Å². The first-order chi connectivity index (χ1) is 6.81. The maximum atomic E-state index is 11.6. The maximum absolute atomic E-state index is 11.6. The van der Waals surface area contributed by atoms with E-state index in [-0.39, 0.29) is 5.76 Å². The molecule has 88 valence electrons. The maximum Gasteiger partial charge on any atom is 0.422 e. The van der Waals surface area contributed by atoms with Gasteiger partial charge in [-0.05, 0) is 13.0 Å². The van der Waals surface area contributed by atoms with Gasteiger partial charge in [0.15, 0.2) is 6.61 Å². The molecule has 0 aliphatic rings. The van der Waals surface area contributed by atoms with Crippen molar-refractivity contribution in [3.05, 3.63) is 36.6 Å². The second kappa shape index (κ2) is 8.15. The van der Waals surface area contributed by atoms with Crippen LogP contribution in [0.3, 0.4) is 0 Å². The molecule has 0 fully saturated rings. The summed E-state index contributed by atoms with van der Waals surface area (Å²) in [5.74, 6) is -0.0275. The first-order valence-electron chi connectivity index (χ1n) is 4.53. The van der Waals surface area contributed by atoms with Gasteiger partial charge in [0.05, 0.1) is 0 Å². The van der Waals surface area contributed by atoms with E-state index in [1.807, 2.05) is 13.8 Å². The van der Waals surface area contributed by atoms with Crippen LogP contribution in [0.25, 0.3) is 0 Å². The van der Waals surface area contributed by atoms with E-state index >= 15 is 0 Å². The number of rotatable bonds is 4. The average molecular weight is 222 g/mol. The van der Waals surface area contributed by atoms with E-state index in [9.17, 15) is 13.2 Å². The highest BCUT2D eigenvalue weighted by Crippen LogP contribution is 2.16. The topological polar surface area (TPSA) is 9.23 Å². The average Bonchev–Trinajstić information content (AvgIpc) is 2.13. The van der Waals surface area contributed by atoms with Crippen LogP contribution in [0.1, 0.15) is 20.8 Å². The van der Waals surface area contributed by atoms with E-state index in [2.05, 4.69) is 17.9 Å². The molecule has 0 radical (unpaired) electrons. The van der Waals surface area contributed by atoms with E-state index in [0.29, 0.717) is 0 Å². The predicted octanol–water partition coefficient (Wildman–Crippen LogP) is 4.24. The third kappa shape index (κ3) is 15.6. The summed E-state index contributed by atoms with van der Waals surface area (Å²) in [7, 11) is 0. The lowest BCUT2D eigenvalue weighted by molar-refractivity contribution is -0.163. The molecular formula is C11H17F3O. The normalized spacial score (nSPS) is 10.5. The standard InChI is InChI=1S/C9H11F3O.C2H6/c1-7(2)4-5-8(3)13-6-9(10,11)12;1-2/h4-5H,1,3,6H2,2H3;1-2H3/b5-4-;. The highest BCUT2D eigenvalue weighted by Gasteiger charge is 2.28. The van der Waals surface area contributed by atoms with Crippen LogP contribution < -0.4 is 0 Å². The second-order valence-corrected chi connectivity index (χ2v) is 2.55. The summed E-state index contributed by atoms with van der Waals surface area (Å²) in [5.41, 5.74) is 0.719. The number of ether oxygens (including phenoxy) is 1. The third-order valence-corrected chi connectivity index (χ3v) is 0.975. The Hall–Kier alpha value is -1.19. The Bertz CT molecular complexity index is 226. The van der Waals surface area contributed by atoms with Crippen molar-refractivity contribution in [2.24, 2.45) is 0 Å². The van der Waals surface area contributed by atoms with Gasteiger partial charge in [0.2, 0.25) is 0 Å². The summed E-state index contributed by atoms with van der Waals surface area (Å²) < 4.78 is 39.1. The third-order valence-electron chi connectivity index (χ3n) is 0.975.